The van der Waals surface area contributed by atoms with Crippen LogP contribution >= 0.6 is 0 Å². The average molecular weight is 451 g/mol. The number of hydrogen-bond acceptors (Lipinski definition) is 4. The smallest absolute Gasteiger partial charge is 0.261 e. The van der Waals surface area contributed by atoms with Gasteiger partial charge in [-0.25, -0.2) is 0 Å². The van der Waals surface area contributed by atoms with Gasteiger partial charge in [-0.1, -0.05) is 20.8 Å². The third kappa shape index (κ3) is 4.43. The highest BCUT2D eigenvalue weighted by molar-refractivity contribution is 6.08. The van der Waals surface area contributed by atoms with Crippen molar-refractivity contribution in [3.8, 4) is 11.5 Å². The second-order valence-electron chi connectivity index (χ2n) is 10.6. The zero-order valence-corrected chi connectivity index (χ0v) is 20.5. The number of ether oxygens (including phenoxy) is 2. The molecule has 4 rings (SSSR count). The predicted octanol–water partition coefficient (Wildman–Crippen LogP) is 5.02. The predicted molar refractivity (Wildman–Crippen MR) is 129 cm³/mol. The first-order valence-corrected chi connectivity index (χ1v) is 11.5. The molecule has 2 aromatic carbocycles. The SMILES string of the molecule is COc1ccc(C(=O)N(C)c2ccc(C(=O)N3CC4(C)CC3CC(C)(C)C4)cc2)c(OC)c1. The summed E-state index contributed by atoms with van der Waals surface area (Å²) < 4.78 is 10.6. The molecule has 2 fully saturated rings. The summed E-state index contributed by atoms with van der Waals surface area (Å²) in [5.74, 6) is 0.961. The summed E-state index contributed by atoms with van der Waals surface area (Å²) in [6, 6.07) is 12.7. The van der Waals surface area contributed by atoms with E-state index >= 15 is 0 Å². The van der Waals surface area contributed by atoms with Crippen LogP contribution in [0.4, 0.5) is 5.69 Å². The number of anilines is 1. The van der Waals surface area contributed by atoms with Gasteiger partial charge in [-0.2, -0.15) is 0 Å². The molecular weight excluding hydrogens is 416 g/mol. The lowest BCUT2D eigenvalue weighted by Gasteiger charge is -2.39. The number of benzene rings is 2. The summed E-state index contributed by atoms with van der Waals surface area (Å²) in [4.78, 5) is 30.1. The molecule has 176 valence electrons. The van der Waals surface area contributed by atoms with Gasteiger partial charge in [0.15, 0.2) is 0 Å². The van der Waals surface area contributed by atoms with Gasteiger partial charge < -0.3 is 19.3 Å². The molecule has 0 aromatic heterocycles. The van der Waals surface area contributed by atoms with Crippen LogP contribution in [0.5, 0.6) is 11.5 Å². The molecule has 0 radical (unpaired) electrons. The van der Waals surface area contributed by atoms with E-state index < -0.39 is 0 Å². The Balaban J connectivity index is 1.51. The van der Waals surface area contributed by atoms with E-state index in [0.29, 0.717) is 34.4 Å². The minimum absolute atomic E-state index is 0.0822. The summed E-state index contributed by atoms with van der Waals surface area (Å²) in [5.41, 5.74) is 2.29. The molecule has 2 atom stereocenters. The summed E-state index contributed by atoms with van der Waals surface area (Å²) >= 11 is 0. The van der Waals surface area contributed by atoms with Crippen molar-refractivity contribution in [1.82, 2.24) is 4.90 Å². The van der Waals surface area contributed by atoms with Gasteiger partial charge in [-0.15, -0.1) is 0 Å². The molecule has 1 aliphatic heterocycles. The van der Waals surface area contributed by atoms with Crippen molar-refractivity contribution >= 4 is 17.5 Å². The van der Waals surface area contributed by atoms with Crippen LogP contribution < -0.4 is 14.4 Å². The van der Waals surface area contributed by atoms with E-state index in [2.05, 4.69) is 25.7 Å². The molecule has 2 aromatic rings. The molecule has 6 nitrogen and oxygen atoms in total. The number of fused-ring (bicyclic) bond motifs is 2. The van der Waals surface area contributed by atoms with Crippen LogP contribution in [-0.2, 0) is 0 Å². The Morgan fingerprint density at radius 3 is 2.33 bits per heavy atom. The Kier molecular flexibility index (Phi) is 5.89. The van der Waals surface area contributed by atoms with E-state index in [1.165, 1.54) is 7.11 Å². The molecule has 0 N–H and O–H groups in total. The number of rotatable bonds is 5. The maximum atomic E-state index is 13.3. The van der Waals surface area contributed by atoms with Crippen molar-refractivity contribution in [1.29, 1.82) is 0 Å². The number of carbonyl (C=O) groups excluding carboxylic acids is 2. The van der Waals surface area contributed by atoms with Crippen molar-refractivity contribution in [2.24, 2.45) is 10.8 Å². The normalized spacial score (nSPS) is 23.2. The molecule has 2 amide bonds. The Labute approximate surface area is 196 Å². The first-order valence-electron chi connectivity index (χ1n) is 11.5. The first-order chi connectivity index (χ1) is 15.6. The highest BCUT2D eigenvalue weighted by atomic mass is 16.5. The van der Waals surface area contributed by atoms with Gasteiger partial charge in [0.25, 0.3) is 11.8 Å². The number of hydrogen-bond donors (Lipinski definition) is 0. The van der Waals surface area contributed by atoms with E-state index in [1.807, 2.05) is 24.3 Å². The maximum Gasteiger partial charge on any atom is 0.261 e. The number of amides is 2. The largest absolute Gasteiger partial charge is 0.497 e. The lowest BCUT2D eigenvalue weighted by Crippen LogP contribution is -2.37. The summed E-state index contributed by atoms with van der Waals surface area (Å²) in [6.45, 7) is 7.75. The Morgan fingerprint density at radius 1 is 1.00 bits per heavy atom. The third-order valence-electron chi connectivity index (χ3n) is 7.12. The van der Waals surface area contributed by atoms with Crippen molar-refractivity contribution in [3.63, 3.8) is 0 Å². The standard InChI is InChI=1S/C27H34N2O4/c1-26(2)14-20-15-27(3,16-26)17-29(20)24(30)18-7-9-19(10-8-18)28(4)25(31)22-12-11-21(32-5)13-23(22)33-6/h7-13,20H,14-17H2,1-6H3. The molecule has 1 heterocycles. The second-order valence-corrected chi connectivity index (χ2v) is 10.6. The Morgan fingerprint density at radius 2 is 1.70 bits per heavy atom. The minimum atomic E-state index is -0.197. The van der Waals surface area contributed by atoms with Gasteiger partial charge in [-0.05, 0) is 66.5 Å². The van der Waals surface area contributed by atoms with Crippen LogP contribution in [-0.4, -0.2) is 50.6 Å². The molecule has 1 saturated carbocycles. The summed E-state index contributed by atoms with van der Waals surface area (Å²) in [7, 11) is 4.82. The van der Waals surface area contributed by atoms with Crippen LogP contribution in [0.25, 0.3) is 0 Å². The molecule has 6 heteroatoms. The summed E-state index contributed by atoms with van der Waals surface area (Å²) in [6.07, 6.45) is 3.29. The topological polar surface area (TPSA) is 59.1 Å². The van der Waals surface area contributed by atoms with Gasteiger partial charge >= 0.3 is 0 Å². The molecule has 0 spiro atoms. The average Bonchev–Trinajstić information content (AvgIpc) is 3.05. The van der Waals surface area contributed by atoms with E-state index in [0.717, 1.165) is 25.8 Å². The second kappa shape index (κ2) is 8.40. The van der Waals surface area contributed by atoms with Gasteiger partial charge in [0.05, 0.1) is 19.8 Å². The van der Waals surface area contributed by atoms with Crippen molar-refractivity contribution in [2.45, 2.75) is 46.1 Å². The number of methoxy groups -OCH3 is 2. The monoisotopic (exact) mass is 450 g/mol. The number of nitrogens with zero attached hydrogens (tertiary/aromatic N) is 2. The lowest BCUT2D eigenvalue weighted by molar-refractivity contribution is 0.0708. The Bertz CT molecular complexity index is 1060. The number of carbonyl (C=O) groups is 2. The summed E-state index contributed by atoms with van der Waals surface area (Å²) in [5, 5.41) is 0. The quantitative estimate of drug-likeness (QED) is 0.642. The van der Waals surface area contributed by atoms with Crippen molar-refractivity contribution in [3.05, 3.63) is 53.6 Å². The lowest BCUT2D eigenvalue weighted by atomic mass is 9.65. The van der Waals surface area contributed by atoms with Crippen LogP contribution in [0.1, 0.15) is 60.7 Å². The van der Waals surface area contributed by atoms with Crippen molar-refractivity contribution in [2.75, 3.05) is 32.7 Å². The van der Waals surface area contributed by atoms with E-state index in [9.17, 15) is 9.59 Å². The van der Waals surface area contributed by atoms with Gasteiger partial charge in [0.2, 0.25) is 0 Å². The molecule has 2 bridgehead atoms. The Hall–Kier alpha value is -3.02. The fourth-order valence-electron chi connectivity index (χ4n) is 5.96. The molecule has 1 saturated heterocycles. The van der Waals surface area contributed by atoms with E-state index in [-0.39, 0.29) is 22.6 Å². The van der Waals surface area contributed by atoms with Gasteiger partial charge in [0, 0.05) is 37.0 Å². The van der Waals surface area contributed by atoms with Crippen molar-refractivity contribution < 1.29 is 19.1 Å². The fourth-order valence-corrected chi connectivity index (χ4v) is 5.96. The fraction of sp³-hybridized carbons (Fsp3) is 0.481. The zero-order chi connectivity index (χ0) is 24.0. The number of likely N-dealkylation sites (tertiary alicyclic amines) is 1. The molecule has 1 aliphatic carbocycles. The minimum Gasteiger partial charge on any atom is -0.497 e. The third-order valence-corrected chi connectivity index (χ3v) is 7.12. The van der Waals surface area contributed by atoms with Gasteiger partial charge in [-0.3, -0.25) is 9.59 Å². The highest BCUT2D eigenvalue weighted by Crippen LogP contribution is 2.52. The van der Waals surface area contributed by atoms with E-state index in [1.54, 1.807) is 37.3 Å². The van der Waals surface area contributed by atoms with E-state index in [4.69, 9.17) is 9.47 Å². The van der Waals surface area contributed by atoms with Crippen LogP contribution in [0, 0.1) is 10.8 Å². The first kappa shape index (κ1) is 23.1. The van der Waals surface area contributed by atoms with Crippen LogP contribution in [0.3, 0.4) is 0 Å². The zero-order valence-electron chi connectivity index (χ0n) is 20.5. The molecule has 2 aliphatic rings. The van der Waals surface area contributed by atoms with Crippen LogP contribution in [0.2, 0.25) is 0 Å². The molecule has 2 unspecified atom stereocenters. The molecule has 33 heavy (non-hydrogen) atoms. The van der Waals surface area contributed by atoms with Crippen LogP contribution in [0.15, 0.2) is 42.5 Å². The van der Waals surface area contributed by atoms with Gasteiger partial charge in [0.1, 0.15) is 11.5 Å². The maximum absolute atomic E-state index is 13.3. The molecular formula is C27H34N2O4. The highest BCUT2D eigenvalue weighted by Gasteiger charge is 2.51.